The van der Waals surface area contributed by atoms with Crippen LogP contribution in [0, 0.1) is 19.8 Å². The third-order valence-electron chi connectivity index (χ3n) is 3.43. The fourth-order valence-electron chi connectivity index (χ4n) is 2.33. The number of hydrogen-bond donors (Lipinski definition) is 1. The van der Waals surface area contributed by atoms with E-state index in [4.69, 9.17) is 0 Å². The van der Waals surface area contributed by atoms with Crippen molar-refractivity contribution in [2.75, 3.05) is 0 Å². The molecule has 1 aromatic rings. The lowest BCUT2D eigenvalue weighted by Gasteiger charge is -2.14. The molecule has 2 unspecified atom stereocenters. The Balaban J connectivity index is 2.38. The summed E-state index contributed by atoms with van der Waals surface area (Å²) < 4.78 is 0. The van der Waals surface area contributed by atoms with Gasteiger partial charge >= 0.3 is 0 Å². The van der Waals surface area contributed by atoms with Crippen LogP contribution in [0.15, 0.2) is 18.2 Å². The molecule has 1 aliphatic rings. The van der Waals surface area contributed by atoms with Crippen LogP contribution in [0.1, 0.15) is 36.5 Å². The molecule has 0 spiro atoms. The highest BCUT2D eigenvalue weighted by atomic mass is 16.3. The minimum Gasteiger partial charge on any atom is -0.385 e. The summed E-state index contributed by atoms with van der Waals surface area (Å²) in [4.78, 5) is 0. The Bertz CT molecular complexity index is 356. The fourth-order valence-corrected chi connectivity index (χ4v) is 2.33. The molecule has 2 rings (SSSR count). The van der Waals surface area contributed by atoms with Crippen LogP contribution in [-0.2, 0) is 5.60 Å². The van der Waals surface area contributed by atoms with Crippen LogP contribution in [0.4, 0.5) is 0 Å². The molecule has 0 heterocycles. The van der Waals surface area contributed by atoms with Gasteiger partial charge in [-0.05, 0) is 37.3 Å². The molecule has 1 nitrogen and oxygen atoms in total. The first-order valence-electron chi connectivity index (χ1n) is 5.38. The number of aryl methyl sites for hydroxylation is 2. The average molecular weight is 190 g/mol. The summed E-state index contributed by atoms with van der Waals surface area (Å²) in [5.41, 5.74) is 3.09. The topological polar surface area (TPSA) is 20.2 Å². The van der Waals surface area contributed by atoms with E-state index in [1.54, 1.807) is 0 Å². The zero-order chi connectivity index (χ0) is 10.3. The Morgan fingerprint density at radius 3 is 2.71 bits per heavy atom. The minimum absolute atomic E-state index is 0.475. The molecule has 1 fully saturated rings. The number of aliphatic hydroxyl groups is 1. The number of benzene rings is 1. The smallest absolute Gasteiger partial charge is 0.0932 e. The molecule has 0 aliphatic heterocycles. The molecule has 1 aromatic carbocycles. The largest absolute Gasteiger partial charge is 0.385 e. The van der Waals surface area contributed by atoms with Crippen LogP contribution in [0.25, 0.3) is 0 Å². The van der Waals surface area contributed by atoms with E-state index in [-0.39, 0.29) is 0 Å². The van der Waals surface area contributed by atoms with E-state index in [0.717, 1.165) is 18.4 Å². The van der Waals surface area contributed by atoms with Crippen molar-refractivity contribution in [2.24, 2.45) is 5.92 Å². The van der Waals surface area contributed by atoms with Gasteiger partial charge < -0.3 is 5.11 Å². The monoisotopic (exact) mass is 190 g/mol. The summed E-state index contributed by atoms with van der Waals surface area (Å²) >= 11 is 0. The highest BCUT2D eigenvalue weighted by molar-refractivity contribution is 5.39. The Kier molecular flexibility index (Phi) is 2.15. The van der Waals surface area contributed by atoms with Gasteiger partial charge in [0, 0.05) is 0 Å². The van der Waals surface area contributed by atoms with Crippen LogP contribution >= 0.6 is 0 Å². The molecule has 0 aromatic heterocycles. The van der Waals surface area contributed by atoms with E-state index in [1.165, 1.54) is 11.1 Å². The maximum atomic E-state index is 10.4. The second kappa shape index (κ2) is 3.09. The first-order valence-corrected chi connectivity index (χ1v) is 5.38. The molecule has 0 radical (unpaired) electrons. The molecule has 0 bridgehead atoms. The van der Waals surface area contributed by atoms with Gasteiger partial charge in [-0.15, -0.1) is 0 Å². The van der Waals surface area contributed by atoms with Crippen molar-refractivity contribution in [1.29, 1.82) is 0 Å². The highest BCUT2D eigenvalue weighted by Gasteiger charge is 2.53. The van der Waals surface area contributed by atoms with Gasteiger partial charge in [-0.2, -0.15) is 0 Å². The van der Waals surface area contributed by atoms with Gasteiger partial charge in [0.1, 0.15) is 0 Å². The molecule has 1 heteroatoms. The van der Waals surface area contributed by atoms with Crippen molar-refractivity contribution in [3.8, 4) is 0 Å². The molecular weight excluding hydrogens is 172 g/mol. The fraction of sp³-hybridized carbons (Fsp3) is 0.538. The lowest BCUT2D eigenvalue weighted by Crippen LogP contribution is -2.10. The second-order valence-electron chi connectivity index (χ2n) is 4.55. The van der Waals surface area contributed by atoms with Gasteiger partial charge in [0.15, 0.2) is 0 Å². The van der Waals surface area contributed by atoms with E-state index in [2.05, 4.69) is 39.0 Å². The molecule has 1 N–H and O–H groups in total. The van der Waals surface area contributed by atoms with Gasteiger partial charge in [0.2, 0.25) is 0 Å². The van der Waals surface area contributed by atoms with Crippen LogP contribution in [-0.4, -0.2) is 5.11 Å². The van der Waals surface area contributed by atoms with Crippen molar-refractivity contribution in [3.63, 3.8) is 0 Å². The van der Waals surface area contributed by atoms with Crippen molar-refractivity contribution in [2.45, 2.75) is 39.2 Å². The Hall–Kier alpha value is -0.820. The molecule has 2 atom stereocenters. The van der Waals surface area contributed by atoms with Crippen molar-refractivity contribution in [1.82, 2.24) is 0 Å². The SMILES string of the molecule is CCC1CC1(O)c1cc(C)ccc1C. The Morgan fingerprint density at radius 2 is 2.14 bits per heavy atom. The summed E-state index contributed by atoms with van der Waals surface area (Å²) in [6.45, 7) is 6.31. The lowest BCUT2D eigenvalue weighted by molar-refractivity contribution is 0.129. The highest BCUT2D eigenvalue weighted by Crippen LogP contribution is 2.54. The summed E-state index contributed by atoms with van der Waals surface area (Å²) in [6, 6.07) is 6.34. The normalized spacial score (nSPS) is 30.4. The summed E-state index contributed by atoms with van der Waals surface area (Å²) in [5.74, 6) is 0.475. The summed E-state index contributed by atoms with van der Waals surface area (Å²) in [7, 11) is 0. The summed E-state index contributed by atoms with van der Waals surface area (Å²) in [5, 5.41) is 10.4. The molecular formula is C13H18O. The van der Waals surface area contributed by atoms with E-state index in [9.17, 15) is 5.11 Å². The van der Waals surface area contributed by atoms with Crippen LogP contribution in [0.5, 0.6) is 0 Å². The van der Waals surface area contributed by atoms with E-state index in [0.29, 0.717) is 5.92 Å². The van der Waals surface area contributed by atoms with Gasteiger partial charge in [0.25, 0.3) is 0 Å². The minimum atomic E-state index is -0.509. The maximum Gasteiger partial charge on any atom is 0.0932 e. The quantitative estimate of drug-likeness (QED) is 0.760. The second-order valence-corrected chi connectivity index (χ2v) is 4.55. The standard InChI is InChI=1S/C13H18O/c1-4-11-8-13(11,14)12-7-9(2)5-6-10(12)3/h5-7,11,14H,4,8H2,1-3H3. The predicted octanol–water partition coefficient (Wildman–Crippen LogP) is 2.92. The first kappa shape index (κ1) is 9.72. The Morgan fingerprint density at radius 1 is 1.43 bits per heavy atom. The zero-order valence-corrected chi connectivity index (χ0v) is 9.17. The molecule has 0 amide bonds. The van der Waals surface area contributed by atoms with Gasteiger partial charge in [0.05, 0.1) is 5.60 Å². The van der Waals surface area contributed by atoms with Crippen LogP contribution in [0.2, 0.25) is 0 Å². The lowest BCUT2D eigenvalue weighted by atomic mass is 9.97. The third kappa shape index (κ3) is 1.36. The molecule has 1 aliphatic carbocycles. The van der Waals surface area contributed by atoms with Crippen molar-refractivity contribution < 1.29 is 5.11 Å². The van der Waals surface area contributed by atoms with E-state index < -0.39 is 5.60 Å². The third-order valence-corrected chi connectivity index (χ3v) is 3.43. The van der Waals surface area contributed by atoms with Gasteiger partial charge in [-0.3, -0.25) is 0 Å². The number of rotatable bonds is 2. The predicted molar refractivity (Wildman–Crippen MR) is 58.2 cm³/mol. The average Bonchev–Trinajstić information content (AvgIpc) is 2.83. The van der Waals surface area contributed by atoms with Gasteiger partial charge in [-0.1, -0.05) is 37.1 Å². The van der Waals surface area contributed by atoms with Crippen LogP contribution < -0.4 is 0 Å². The van der Waals surface area contributed by atoms with Crippen molar-refractivity contribution in [3.05, 3.63) is 34.9 Å². The molecule has 1 saturated carbocycles. The Labute approximate surface area is 85.8 Å². The first-order chi connectivity index (χ1) is 6.58. The van der Waals surface area contributed by atoms with E-state index in [1.807, 2.05) is 0 Å². The molecule has 76 valence electrons. The zero-order valence-electron chi connectivity index (χ0n) is 9.17. The van der Waals surface area contributed by atoms with E-state index >= 15 is 0 Å². The maximum absolute atomic E-state index is 10.4. The van der Waals surface area contributed by atoms with Gasteiger partial charge in [-0.25, -0.2) is 0 Å². The molecule has 0 saturated heterocycles. The van der Waals surface area contributed by atoms with Crippen LogP contribution in [0.3, 0.4) is 0 Å². The van der Waals surface area contributed by atoms with Crippen molar-refractivity contribution >= 4 is 0 Å². The number of hydrogen-bond acceptors (Lipinski definition) is 1. The molecule has 14 heavy (non-hydrogen) atoms. The summed E-state index contributed by atoms with van der Waals surface area (Å²) in [6.07, 6.45) is 2.01.